The molecule has 1 aromatic heterocycles. The van der Waals surface area contributed by atoms with Crippen molar-refractivity contribution in [2.24, 2.45) is 5.10 Å². The lowest BCUT2D eigenvalue weighted by molar-refractivity contribution is 0.473. The normalized spacial score (nSPS) is 14.9. The summed E-state index contributed by atoms with van der Waals surface area (Å²) in [7, 11) is 0. The fourth-order valence-corrected chi connectivity index (χ4v) is 2.38. The number of hydrogen-bond donors (Lipinski definition) is 3. The van der Waals surface area contributed by atoms with Gasteiger partial charge in [-0.3, -0.25) is 5.43 Å². The Morgan fingerprint density at radius 3 is 2.95 bits per heavy atom. The van der Waals surface area contributed by atoms with Gasteiger partial charge in [-0.25, -0.2) is 4.98 Å². The number of benzene rings is 1. The van der Waals surface area contributed by atoms with Crippen LogP contribution in [0.3, 0.4) is 0 Å². The Hall–Kier alpha value is -2.08. The first-order valence-corrected chi connectivity index (χ1v) is 6.93. The predicted molar refractivity (Wildman–Crippen MR) is 77.8 cm³/mol. The summed E-state index contributed by atoms with van der Waals surface area (Å²) in [5, 5.41) is 16.3. The molecule has 1 saturated carbocycles. The number of hydrazone groups is 1. The molecule has 4 N–H and O–H groups in total. The van der Waals surface area contributed by atoms with Crippen LogP contribution in [0.25, 0.3) is 0 Å². The minimum Gasteiger partial charge on any atom is -0.507 e. The van der Waals surface area contributed by atoms with Gasteiger partial charge in [0, 0.05) is 10.9 Å². The van der Waals surface area contributed by atoms with Crippen LogP contribution in [0.15, 0.2) is 28.7 Å². The number of phenols is 1. The van der Waals surface area contributed by atoms with E-state index in [9.17, 15) is 5.11 Å². The number of hydrogen-bond acceptors (Lipinski definition) is 6. The van der Waals surface area contributed by atoms with E-state index in [-0.39, 0.29) is 5.75 Å². The molecule has 5 nitrogen and oxygen atoms in total. The summed E-state index contributed by atoms with van der Waals surface area (Å²) < 4.78 is 0. The predicted octanol–water partition coefficient (Wildman–Crippen LogP) is 2.75. The zero-order valence-electron chi connectivity index (χ0n) is 10.2. The highest BCUT2D eigenvalue weighted by atomic mass is 32.1. The molecular weight excluding hydrogens is 260 g/mol. The molecule has 0 atom stereocenters. The van der Waals surface area contributed by atoms with Gasteiger partial charge in [0.05, 0.1) is 6.21 Å². The van der Waals surface area contributed by atoms with Crippen LogP contribution in [0.2, 0.25) is 0 Å². The molecule has 1 heterocycles. The Morgan fingerprint density at radius 2 is 2.32 bits per heavy atom. The molecule has 1 fully saturated rings. The molecule has 3 rings (SSSR count). The number of phenolic OH excluding ortho intramolecular Hbond substituents is 1. The zero-order valence-corrected chi connectivity index (χ0v) is 11.0. The Morgan fingerprint density at radius 1 is 1.47 bits per heavy atom. The van der Waals surface area contributed by atoms with E-state index in [0.717, 1.165) is 0 Å². The molecule has 0 saturated heterocycles. The summed E-state index contributed by atoms with van der Waals surface area (Å²) in [6, 6.07) is 5.74. The lowest BCUT2D eigenvalue weighted by Gasteiger charge is -2.02. The highest BCUT2D eigenvalue weighted by Gasteiger charge is 2.23. The minimum atomic E-state index is 0.258. The summed E-state index contributed by atoms with van der Waals surface area (Å²) in [5.74, 6) is 1.36. The summed E-state index contributed by atoms with van der Waals surface area (Å²) in [6.45, 7) is 0. The summed E-state index contributed by atoms with van der Waals surface area (Å²) in [5.41, 5.74) is 10.2. The SMILES string of the molecule is Nc1csc(NN=Cc2ccc(C3CC3)cc2O)n1. The average Bonchev–Trinajstić information content (AvgIpc) is 3.15. The smallest absolute Gasteiger partial charge is 0.205 e. The molecule has 1 aliphatic carbocycles. The molecule has 1 aliphatic rings. The second-order valence-electron chi connectivity index (χ2n) is 4.54. The van der Waals surface area contributed by atoms with Gasteiger partial charge < -0.3 is 10.8 Å². The molecular formula is C13H14N4OS. The standard InChI is InChI=1S/C13H14N4OS/c14-12-7-19-13(16-12)17-15-6-10-4-3-9(5-11(10)18)8-1-2-8/h3-8,18H,1-2,14H2,(H,16,17). The first-order chi connectivity index (χ1) is 9.22. The molecule has 0 amide bonds. The molecule has 19 heavy (non-hydrogen) atoms. The van der Waals surface area contributed by atoms with Gasteiger partial charge in [-0.2, -0.15) is 5.10 Å². The van der Waals surface area contributed by atoms with E-state index >= 15 is 0 Å². The highest BCUT2D eigenvalue weighted by Crippen LogP contribution is 2.41. The molecule has 2 aromatic rings. The van der Waals surface area contributed by atoms with E-state index in [1.807, 2.05) is 18.2 Å². The number of aromatic hydroxyl groups is 1. The van der Waals surface area contributed by atoms with Gasteiger partial charge in [0.25, 0.3) is 0 Å². The first-order valence-electron chi connectivity index (χ1n) is 6.05. The van der Waals surface area contributed by atoms with E-state index < -0.39 is 0 Å². The van der Waals surface area contributed by atoms with Gasteiger partial charge in [0.1, 0.15) is 11.6 Å². The summed E-state index contributed by atoms with van der Waals surface area (Å²) in [6.07, 6.45) is 4.02. The van der Waals surface area contributed by atoms with Crippen molar-refractivity contribution in [2.45, 2.75) is 18.8 Å². The number of nitrogens with one attached hydrogen (secondary N) is 1. The topological polar surface area (TPSA) is 83.5 Å². The number of anilines is 2. The molecule has 98 valence electrons. The number of nitrogen functional groups attached to an aromatic ring is 1. The van der Waals surface area contributed by atoms with Crippen molar-refractivity contribution >= 4 is 28.5 Å². The lowest BCUT2D eigenvalue weighted by Crippen LogP contribution is -1.92. The van der Waals surface area contributed by atoms with E-state index in [4.69, 9.17) is 5.73 Å². The second-order valence-corrected chi connectivity index (χ2v) is 5.40. The van der Waals surface area contributed by atoms with Crippen molar-refractivity contribution < 1.29 is 5.11 Å². The molecule has 0 radical (unpaired) electrons. The number of nitrogens with zero attached hydrogens (tertiary/aromatic N) is 2. The summed E-state index contributed by atoms with van der Waals surface area (Å²) in [4.78, 5) is 4.02. The number of thiazole rings is 1. The molecule has 6 heteroatoms. The minimum absolute atomic E-state index is 0.258. The van der Waals surface area contributed by atoms with Crippen molar-refractivity contribution in [3.63, 3.8) is 0 Å². The van der Waals surface area contributed by atoms with Crippen molar-refractivity contribution in [3.8, 4) is 5.75 Å². The van der Waals surface area contributed by atoms with Crippen LogP contribution in [-0.2, 0) is 0 Å². The average molecular weight is 274 g/mol. The monoisotopic (exact) mass is 274 g/mol. The number of aromatic nitrogens is 1. The second kappa shape index (κ2) is 4.89. The van der Waals surface area contributed by atoms with Crippen LogP contribution in [0, 0.1) is 0 Å². The number of rotatable bonds is 4. The Balaban J connectivity index is 1.68. The maximum atomic E-state index is 9.92. The van der Waals surface area contributed by atoms with Gasteiger partial charge in [-0.1, -0.05) is 6.07 Å². The fourth-order valence-electron chi connectivity index (χ4n) is 1.84. The quantitative estimate of drug-likeness (QED) is 0.591. The van der Waals surface area contributed by atoms with Crippen LogP contribution in [-0.4, -0.2) is 16.3 Å². The van der Waals surface area contributed by atoms with Crippen molar-refractivity contribution in [1.29, 1.82) is 0 Å². The third-order valence-corrected chi connectivity index (χ3v) is 3.75. The van der Waals surface area contributed by atoms with Crippen molar-refractivity contribution in [3.05, 3.63) is 34.7 Å². The molecule has 0 bridgehead atoms. The Bertz CT molecular complexity index is 619. The van der Waals surface area contributed by atoms with Crippen LogP contribution in [0.4, 0.5) is 10.9 Å². The number of nitrogens with two attached hydrogens (primary N) is 1. The van der Waals surface area contributed by atoms with Crippen LogP contribution in [0.1, 0.15) is 29.9 Å². The third-order valence-electron chi connectivity index (χ3n) is 2.99. The molecule has 0 unspecified atom stereocenters. The fraction of sp³-hybridized carbons (Fsp3) is 0.231. The van der Waals surface area contributed by atoms with E-state index in [0.29, 0.717) is 22.4 Å². The van der Waals surface area contributed by atoms with Crippen molar-refractivity contribution in [2.75, 3.05) is 11.2 Å². The zero-order chi connectivity index (χ0) is 13.2. The van der Waals surface area contributed by atoms with E-state index in [2.05, 4.69) is 15.5 Å². The van der Waals surface area contributed by atoms with E-state index in [1.165, 1.54) is 29.7 Å². The van der Waals surface area contributed by atoms with Gasteiger partial charge in [0.2, 0.25) is 5.13 Å². The maximum Gasteiger partial charge on any atom is 0.205 e. The van der Waals surface area contributed by atoms with Crippen LogP contribution >= 0.6 is 11.3 Å². The molecule has 0 aliphatic heterocycles. The Labute approximate surface area is 114 Å². The molecule has 1 aromatic carbocycles. The lowest BCUT2D eigenvalue weighted by atomic mass is 10.1. The maximum absolute atomic E-state index is 9.92. The largest absolute Gasteiger partial charge is 0.507 e. The summed E-state index contributed by atoms with van der Waals surface area (Å²) >= 11 is 1.38. The van der Waals surface area contributed by atoms with Gasteiger partial charge >= 0.3 is 0 Å². The van der Waals surface area contributed by atoms with Gasteiger partial charge in [-0.15, -0.1) is 11.3 Å². The molecule has 0 spiro atoms. The van der Waals surface area contributed by atoms with E-state index in [1.54, 1.807) is 11.6 Å². The van der Waals surface area contributed by atoms with Crippen LogP contribution < -0.4 is 11.2 Å². The van der Waals surface area contributed by atoms with Crippen molar-refractivity contribution in [1.82, 2.24) is 4.98 Å². The highest BCUT2D eigenvalue weighted by molar-refractivity contribution is 7.14. The van der Waals surface area contributed by atoms with Gasteiger partial charge in [0.15, 0.2) is 0 Å². The van der Waals surface area contributed by atoms with Gasteiger partial charge in [-0.05, 0) is 36.5 Å². The third kappa shape index (κ3) is 2.85. The Kier molecular flexibility index (Phi) is 3.08. The van der Waals surface area contributed by atoms with Crippen LogP contribution in [0.5, 0.6) is 5.75 Å². The first kappa shape index (κ1) is 12.0.